The van der Waals surface area contributed by atoms with Crippen molar-refractivity contribution < 1.29 is 19.1 Å². The predicted molar refractivity (Wildman–Crippen MR) is 109 cm³/mol. The maximum absolute atomic E-state index is 12.5. The van der Waals surface area contributed by atoms with Gasteiger partial charge < -0.3 is 20.1 Å². The molecule has 2 aromatic rings. The number of benzene rings is 2. The molecular formula is C22H24N2O4. The fraction of sp³-hybridized carbons (Fsp3) is 0.273. The monoisotopic (exact) mass is 380 g/mol. The number of hydrogen-bond donors (Lipinski definition) is 2. The molecule has 0 saturated heterocycles. The Balaban J connectivity index is 1.55. The Morgan fingerprint density at radius 1 is 0.786 bits per heavy atom. The highest BCUT2D eigenvalue weighted by Gasteiger charge is 2.52. The molecule has 6 heteroatoms. The Labute approximate surface area is 164 Å². The molecule has 0 aromatic heterocycles. The Bertz CT molecular complexity index is 788. The van der Waals surface area contributed by atoms with Gasteiger partial charge in [-0.2, -0.15) is 0 Å². The van der Waals surface area contributed by atoms with Gasteiger partial charge >= 0.3 is 0 Å². The summed E-state index contributed by atoms with van der Waals surface area (Å²) in [6.07, 6.45) is 0. The largest absolute Gasteiger partial charge is 0.494 e. The molecule has 6 nitrogen and oxygen atoms in total. The molecule has 0 bridgehead atoms. The SMILES string of the molecule is C=C1C(C(=O)Nc2ccc(OCC)cc2)[C@H]1C(=O)Nc1ccc(OCC)cc1. The third kappa shape index (κ3) is 4.52. The van der Waals surface area contributed by atoms with Crippen molar-refractivity contribution in [2.45, 2.75) is 13.8 Å². The molecule has 0 aliphatic heterocycles. The van der Waals surface area contributed by atoms with Crippen LogP contribution in [0.15, 0.2) is 60.7 Å². The fourth-order valence-electron chi connectivity index (χ4n) is 3.00. The first-order valence-electron chi connectivity index (χ1n) is 9.29. The number of amides is 2. The van der Waals surface area contributed by atoms with Gasteiger partial charge in [0.25, 0.3) is 0 Å². The van der Waals surface area contributed by atoms with Crippen LogP contribution in [0.3, 0.4) is 0 Å². The summed E-state index contributed by atoms with van der Waals surface area (Å²) < 4.78 is 10.8. The first-order chi connectivity index (χ1) is 13.5. The first kappa shape index (κ1) is 19.5. The Hall–Kier alpha value is -3.28. The normalized spacial score (nSPS) is 17.6. The summed E-state index contributed by atoms with van der Waals surface area (Å²) in [5.74, 6) is -0.0292. The van der Waals surface area contributed by atoms with Crippen molar-refractivity contribution in [3.63, 3.8) is 0 Å². The van der Waals surface area contributed by atoms with E-state index in [9.17, 15) is 9.59 Å². The van der Waals surface area contributed by atoms with Crippen molar-refractivity contribution in [2.24, 2.45) is 11.8 Å². The first-order valence-corrected chi connectivity index (χ1v) is 9.29. The third-order valence-electron chi connectivity index (χ3n) is 4.45. The van der Waals surface area contributed by atoms with E-state index in [-0.39, 0.29) is 11.8 Å². The summed E-state index contributed by atoms with van der Waals surface area (Å²) in [6, 6.07) is 14.2. The number of nitrogens with one attached hydrogen (secondary N) is 2. The average Bonchev–Trinajstić information content (AvgIpc) is 3.37. The molecule has 1 fully saturated rings. The van der Waals surface area contributed by atoms with Crippen molar-refractivity contribution in [3.8, 4) is 11.5 Å². The maximum Gasteiger partial charge on any atom is 0.232 e. The molecule has 1 aliphatic carbocycles. The molecule has 2 N–H and O–H groups in total. The Kier molecular flexibility index (Phi) is 5.99. The molecule has 0 spiro atoms. The molecule has 1 aliphatic rings. The van der Waals surface area contributed by atoms with Crippen LogP contribution in [0.25, 0.3) is 0 Å². The topological polar surface area (TPSA) is 76.7 Å². The average molecular weight is 380 g/mol. The number of hydrogen-bond acceptors (Lipinski definition) is 4. The number of carbonyl (C=O) groups is 2. The Morgan fingerprint density at radius 3 is 1.46 bits per heavy atom. The van der Waals surface area contributed by atoms with Crippen LogP contribution in [0, 0.1) is 11.8 Å². The van der Waals surface area contributed by atoms with Gasteiger partial charge in [0.05, 0.1) is 25.0 Å². The van der Waals surface area contributed by atoms with Crippen molar-refractivity contribution in [1.29, 1.82) is 0 Å². The summed E-state index contributed by atoms with van der Waals surface area (Å²) in [5, 5.41) is 5.64. The van der Waals surface area contributed by atoms with E-state index in [2.05, 4.69) is 17.2 Å². The van der Waals surface area contributed by atoms with Crippen LogP contribution >= 0.6 is 0 Å². The molecule has 28 heavy (non-hydrogen) atoms. The van der Waals surface area contributed by atoms with Gasteiger partial charge in [-0.25, -0.2) is 0 Å². The maximum atomic E-state index is 12.5. The van der Waals surface area contributed by atoms with Gasteiger partial charge in [-0.05, 0) is 62.4 Å². The van der Waals surface area contributed by atoms with Gasteiger partial charge in [0.15, 0.2) is 0 Å². The van der Waals surface area contributed by atoms with Crippen LogP contribution in [0.2, 0.25) is 0 Å². The van der Waals surface area contributed by atoms with E-state index in [1.807, 2.05) is 13.8 Å². The lowest BCUT2D eigenvalue weighted by atomic mass is 10.2. The van der Waals surface area contributed by atoms with Gasteiger partial charge in [0.1, 0.15) is 11.5 Å². The molecule has 3 rings (SSSR count). The number of anilines is 2. The molecule has 0 heterocycles. The van der Waals surface area contributed by atoms with Crippen molar-refractivity contribution in [2.75, 3.05) is 23.8 Å². The summed E-state index contributed by atoms with van der Waals surface area (Å²) >= 11 is 0. The minimum absolute atomic E-state index is 0.235. The number of carbonyl (C=O) groups excluding carboxylic acids is 2. The summed E-state index contributed by atoms with van der Waals surface area (Å²) in [5.41, 5.74) is 1.92. The zero-order valence-corrected chi connectivity index (χ0v) is 16.0. The van der Waals surface area contributed by atoms with E-state index in [4.69, 9.17) is 9.47 Å². The van der Waals surface area contributed by atoms with Crippen molar-refractivity contribution in [1.82, 2.24) is 0 Å². The molecule has 1 unspecified atom stereocenters. The van der Waals surface area contributed by atoms with Gasteiger partial charge in [-0.15, -0.1) is 0 Å². The van der Waals surface area contributed by atoms with E-state index in [1.54, 1.807) is 48.5 Å². The second kappa shape index (κ2) is 8.61. The van der Waals surface area contributed by atoms with E-state index in [1.165, 1.54) is 0 Å². The highest BCUT2D eigenvalue weighted by Crippen LogP contribution is 2.45. The van der Waals surface area contributed by atoms with Gasteiger partial charge in [0, 0.05) is 11.4 Å². The molecule has 0 radical (unpaired) electrons. The number of ether oxygens (including phenoxy) is 2. The lowest BCUT2D eigenvalue weighted by Crippen LogP contribution is -2.20. The highest BCUT2D eigenvalue weighted by molar-refractivity contribution is 6.08. The molecule has 1 saturated carbocycles. The smallest absolute Gasteiger partial charge is 0.232 e. The lowest BCUT2D eigenvalue weighted by molar-refractivity contribution is -0.122. The van der Waals surface area contributed by atoms with E-state index >= 15 is 0 Å². The third-order valence-corrected chi connectivity index (χ3v) is 4.45. The fourth-order valence-corrected chi connectivity index (χ4v) is 3.00. The minimum atomic E-state index is -0.519. The van der Waals surface area contributed by atoms with Gasteiger partial charge in [0.2, 0.25) is 11.8 Å². The molecule has 2 amide bonds. The van der Waals surface area contributed by atoms with Gasteiger partial charge in [-0.3, -0.25) is 9.59 Å². The number of rotatable bonds is 8. The van der Waals surface area contributed by atoms with Crippen molar-refractivity contribution in [3.05, 3.63) is 60.7 Å². The molecule has 2 aromatic carbocycles. The Morgan fingerprint density at radius 2 is 1.14 bits per heavy atom. The lowest BCUT2D eigenvalue weighted by Gasteiger charge is -2.08. The zero-order chi connectivity index (χ0) is 20.1. The van der Waals surface area contributed by atoms with Crippen LogP contribution in [0.5, 0.6) is 11.5 Å². The zero-order valence-electron chi connectivity index (χ0n) is 16.0. The molecular weight excluding hydrogens is 356 g/mol. The minimum Gasteiger partial charge on any atom is -0.494 e. The van der Waals surface area contributed by atoms with Crippen LogP contribution in [-0.2, 0) is 9.59 Å². The summed E-state index contributed by atoms with van der Waals surface area (Å²) in [7, 11) is 0. The molecule has 146 valence electrons. The summed E-state index contributed by atoms with van der Waals surface area (Å²) in [6.45, 7) is 8.85. The van der Waals surface area contributed by atoms with Crippen LogP contribution in [0.1, 0.15) is 13.8 Å². The van der Waals surface area contributed by atoms with Crippen LogP contribution < -0.4 is 20.1 Å². The standard InChI is InChI=1S/C22H24N2O4/c1-4-27-17-10-6-15(7-11-17)23-21(25)19-14(3)20(19)22(26)24-16-8-12-18(13-9-16)28-5-2/h6-13,19-20H,3-5H2,1-2H3,(H,23,25)(H,24,26)/t19-,20?/m0/s1. The molecule has 2 atom stereocenters. The highest BCUT2D eigenvalue weighted by atomic mass is 16.5. The van der Waals surface area contributed by atoms with E-state index in [0.717, 1.165) is 11.5 Å². The second-order valence-corrected chi connectivity index (χ2v) is 6.42. The van der Waals surface area contributed by atoms with E-state index < -0.39 is 11.8 Å². The van der Waals surface area contributed by atoms with Crippen molar-refractivity contribution >= 4 is 23.2 Å². The predicted octanol–water partition coefficient (Wildman–Crippen LogP) is 3.86. The quantitative estimate of drug-likeness (QED) is 0.682. The summed E-state index contributed by atoms with van der Waals surface area (Å²) in [4.78, 5) is 25.0. The van der Waals surface area contributed by atoms with E-state index in [0.29, 0.717) is 30.2 Å². The van der Waals surface area contributed by atoms with Crippen LogP contribution in [-0.4, -0.2) is 25.0 Å². The van der Waals surface area contributed by atoms with Gasteiger partial charge in [-0.1, -0.05) is 12.2 Å². The van der Waals surface area contributed by atoms with Crippen LogP contribution in [0.4, 0.5) is 11.4 Å². The second-order valence-electron chi connectivity index (χ2n) is 6.42.